The van der Waals surface area contributed by atoms with Crippen LogP contribution in [0.15, 0.2) is 0 Å². The van der Waals surface area contributed by atoms with Gasteiger partial charge < -0.3 is 5.32 Å². The first-order valence-corrected chi connectivity index (χ1v) is 9.97. The van der Waals surface area contributed by atoms with E-state index in [1.807, 2.05) is 7.05 Å². The lowest BCUT2D eigenvalue weighted by Gasteiger charge is -2.02. The topological polar surface area (TPSA) is 12.0 Å². The molecule has 0 aliphatic heterocycles. The van der Waals surface area contributed by atoms with Crippen molar-refractivity contribution in [2.75, 3.05) is 13.6 Å². The van der Waals surface area contributed by atoms with Gasteiger partial charge in [0.15, 0.2) is 0 Å². The molecule has 0 aliphatic carbocycles. The Morgan fingerprint density at radius 3 is 1.05 bits per heavy atom. The van der Waals surface area contributed by atoms with Gasteiger partial charge in [-0.05, 0) is 20.0 Å². The lowest BCUT2D eigenvalue weighted by Crippen LogP contribution is -2.06. The summed E-state index contributed by atoms with van der Waals surface area (Å²) in [5.74, 6) is 0. The first-order chi connectivity index (χ1) is 10.3. The molecule has 21 heavy (non-hydrogen) atoms. The average molecular weight is 300 g/mol. The van der Waals surface area contributed by atoms with E-state index in [4.69, 9.17) is 0 Å². The maximum atomic E-state index is 3.21. The van der Waals surface area contributed by atoms with E-state index in [-0.39, 0.29) is 0 Å². The van der Waals surface area contributed by atoms with Gasteiger partial charge in [-0.25, -0.2) is 0 Å². The van der Waals surface area contributed by atoms with Crippen LogP contribution in [0.1, 0.15) is 117 Å². The second-order valence-corrected chi connectivity index (χ2v) is 6.35. The summed E-state index contributed by atoms with van der Waals surface area (Å²) >= 11 is 0. The molecule has 1 N–H and O–H groups in total. The standard InChI is InChI=1S/C16H35N.C4H10/c1-3-4-5-6-7-8-9-10-11-12-13-14-15-16-17-2;1-3-4-2/h17H,3-16H2,1-2H3;3-4H2,1-2H3. The monoisotopic (exact) mass is 299 g/mol. The Balaban J connectivity index is 0. The summed E-state index contributed by atoms with van der Waals surface area (Å²) in [7, 11) is 2.04. The van der Waals surface area contributed by atoms with Crippen LogP contribution in [-0.2, 0) is 0 Å². The number of hydrogen-bond donors (Lipinski definition) is 1. The molecule has 0 unspecified atom stereocenters. The fraction of sp³-hybridized carbons (Fsp3) is 1.00. The maximum Gasteiger partial charge on any atom is -0.00519 e. The van der Waals surface area contributed by atoms with E-state index >= 15 is 0 Å². The summed E-state index contributed by atoms with van der Waals surface area (Å²) in [5.41, 5.74) is 0. The molecule has 1 heteroatoms. The largest absolute Gasteiger partial charge is 0.320 e. The molecular weight excluding hydrogens is 254 g/mol. The van der Waals surface area contributed by atoms with E-state index in [1.54, 1.807) is 0 Å². The second kappa shape index (κ2) is 24.9. The Hall–Kier alpha value is -0.0400. The lowest BCUT2D eigenvalue weighted by atomic mass is 10.0. The highest BCUT2D eigenvalue weighted by molar-refractivity contribution is 4.49. The van der Waals surface area contributed by atoms with Gasteiger partial charge in [0.05, 0.1) is 0 Å². The molecule has 0 bridgehead atoms. The molecule has 0 saturated carbocycles. The maximum absolute atomic E-state index is 3.21. The van der Waals surface area contributed by atoms with Crippen LogP contribution in [0.5, 0.6) is 0 Å². The van der Waals surface area contributed by atoms with Crippen molar-refractivity contribution in [1.29, 1.82) is 0 Å². The van der Waals surface area contributed by atoms with Gasteiger partial charge in [0.2, 0.25) is 0 Å². The Morgan fingerprint density at radius 2 is 0.762 bits per heavy atom. The van der Waals surface area contributed by atoms with Crippen LogP contribution < -0.4 is 5.32 Å². The summed E-state index contributed by atoms with van der Waals surface area (Å²) in [6, 6.07) is 0. The van der Waals surface area contributed by atoms with Crippen molar-refractivity contribution >= 4 is 0 Å². The molecule has 1 nitrogen and oxygen atoms in total. The van der Waals surface area contributed by atoms with Gasteiger partial charge in [-0.2, -0.15) is 0 Å². The molecule has 0 spiro atoms. The van der Waals surface area contributed by atoms with E-state index < -0.39 is 0 Å². The normalized spacial score (nSPS) is 10.3. The highest BCUT2D eigenvalue weighted by Crippen LogP contribution is 2.12. The zero-order chi connectivity index (χ0) is 16.0. The van der Waals surface area contributed by atoms with Crippen molar-refractivity contribution in [3.8, 4) is 0 Å². The molecule has 0 aromatic rings. The molecule has 0 aliphatic rings. The molecule has 0 amide bonds. The minimum Gasteiger partial charge on any atom is -0.320 e. The van der Waals surface area contributed by atoms with Gasteiger partial charge in [0.25, 0.3) is 0 Å². The van der Waals surface area contributed by atoms with Gasteiger partial charge in [0, 0.05) is 0 Å². The van der Waals surface area contributed by atoms with Crippen molar-refractivity contribution in [2.45, 2.75) is 117 Å². The summed E-state index contributed by atoms with van der Waals surface area (Å²) < 4.78 is 0. The van der Waals surface area contributed by atoms with Crippen LogP contribution in [0.4, 0.5) is 0 Å². The third-order valence-electron chi connectivity index (χ3n) is 4.03. The SMILES string of the molecule is CCCC.CCCCCCCCCCCCCCCNC. The molecule has 0 radical (unpaired) electrons. The van der Waals surface area contributed by atoms with Gasteiger partial charge in [0.1, 0.15) is 0 Å². The fourth-order valence-corrected chi connectivity index (χ4v) is 2.32. The summed E-state index contributed by atoms with van der Waals surface area (Å²) in [6.45, 7) is 7.84. The van der Waals surface area contributed by atoms with Crippen LogP contribution in [0.25, 0.3) is 0 Å². The second-order valence-electron chi connectivity index (χ2n) is 6.35. The van der Waals surface area contributed by atoms with Crippen molar-refractivity contribution in [3.05, 3.63) is 0 Å². The van der Waals surface area contributed by atoms with E-state index in [1.165, 1.54) is 103 Å². The summed E-state index contributed by atoms with van der Waals surface area (Å²) in [4.78, 5) is 0. The van der Waals surface area contributed by atoms with Gasteiger partial charge >= 0.3 is 0 Å². The van der Waals surface area contributed by atoms with Crippen LogP contribution >= 0.6 is 0 Å². The van der Waals surface area contributed by atoms with E-state index in [2.05, 4.69) is 26.1 Å². The van der Waals surface area contributed by atoms with E-state index in [0.29, 0.717) is 0 Å². The molecule has 0 aromatic carbocycles. The number of unbranched alkanes of at least 4 members (excludes halogenated alkanes) is 13. The quantitative estimate of drug-likeness (QED) is 0.318. The zero-order valence-corrected chi connectivity index (χ0v) is 15.8. The van der Waals surface area contributed by atoms with Gasteiger partial charge in [-0.1, -0.05) is 111 Å². The predicted molar refractivity (Wildman–Crippen MR) is 100 cm³/mol. The summed E-state index contributed by atoms with van der Waals surface area (Å²) in [5, 5.41) is 3.21. The number of rotatable bonds is 15. The molecule has 0 atom stereocenters. The van der Waals surface area contributed by atoms with Crippen LogP contribution in [0.2, 0.25) is 0 Å². The van der Waals surface area contributed by atoms with E-state index in [0.717, 1.165) is 0 Å². The van der Waals surface area contributed by atoms with Crippen LogP contribution in [-0.4, -0.2) is 13.6 Å². The van der Waals surface area contributed by atoms with Crippen molar-refractivity contribution in [2.24, 2.45) is 0 Å². The third kappa shape index (κ3) is 28.8. The highest BCUT2D eigenvalue weighted by atomic mass is 14.8. The highest BCUT2D eigenvalue weighted by Gasteiger charge is 1.93. The fourth-order valence-electron chi connectivity index (χ4n) is 2.32. The first kappa shape index (κ1) is 23.2. The van der Waals surface area contributed by atoms with Crippen LogP contribution in [0, 0.1) is 0 Å². The van der Waals surface area contributed by atoms with Crippen LogP contribution in [0.3, 0.4) is 0 Å². The Kier molecular flexibility index (Phi) is 27.6. The molecule has 0 rings (SSSR count). The molecule has 0 fully saturated rings. The number of hydrogen-bond acceptors (Lipinski definition) is 1. The third-order valence-corrected chi connectivity index (χ3v) is 4.03. The molecular formula is C20H45N. The van der Waals surface area contributed by atoms with Crippen molar-refractivity contribution in [3.63, 3.8) is 0 Å². The van der Waals surface area contributed by atoms with Gasteiger partial charge in [-0.3, -0.25) is 0 Å². The number of nitrogens with one attached hydrogen (secondary N) is 1. The first-order valence-electron chi connectivity index (χ1n) is 9.97. The molecule has 0 saturated heterocycles. The molecule has 130 valence electrons. The minimum atomic E-state index is 1.19. The van der Waals surface area contributed by atoms with E-state index in [9.17, 15) is 0 Å². The minimum absolute atomic E-state index is 1.19. The summed E-state index contributed by atoms with van der Waals surface area (Å²) in [6.07, 6.45) is 21.4. The van der Waals surface area contributed by atoms with Gasteiger partial charge in [-0.15, -0.1) is 0 Å². The lowest BCUT2D eigenvalue weighted by molar-refractivity contribution is 0.537. The van der Waals surface area contributed by atoms with Crippen molar-refractivity contribution in [1.82, 2.24) is 5.32 Å². The Bertz CT molecular complexity index is 129. The zero-order valence-electron chi connectivity index (χ0n) is 15.8. The Morgan fingerprint density at radius 1 is 0.429 bits per heavy atom. The Labute approximate surface area is 136 Å². The smallest absolute Gasteiger partial charge is 0.00519 e. The molecule has 0 heterocycles. The predicted octanol–water partition coefficient (Wildman–Crippen LogP) is 7.10. The molecule has 0 aromatic heterocycles. The average Bonchev–Trinajstić information content (AvgIpc) is 2.52. The van der Waals surface area contributed by atoms with Crippen molar-refractivity contribution < 1.29 is 0 Å².